The lowest BCUT2D eigenvalue weighted by atomic mass is 9.96. The summed E-state index contributed by atoms with van der Waals surface area (Å²) in [6.07, 6.45) is 1.52. The summed E-state index contributed by atoms with van der Waals surface area (Å²) in [5.41, 5.74) is 4.48. The lowest BCUT2D eigenvalue weighted by Crippen LogP contribution is -2.40. The number of rotatable bonds is 4. The molecule has 0 fully saturated rings. The molecule has 1 atom stereocenters. The Morgan fingerprint density at radius 2 is 1.78 bits per heavy atom. The zero-order valence-corrected chi connectivity index (χ0v) is 13.9. The van der Waals surface area contributed by atoms with Crippen molar-refractivity contribution in [1.82, 2.24) is 10.6 Å². The number of hydrogen-bond donors (Lipinski definition) is 2. The first kappa shape index (κ1) is 16.8. The Morgan fingerprint density at radius 3 is 2.43 bits per heavy atom. The van der Waals surface area contributed by atoms with Crippen LogP contribution in [0.25, 0.3) is 0 Å². The molecular formula is C18H22N2O3. The topological polar surface area (TPSA) is 71.3 Å². The molecule has 1 heterocycles. The summed E-state index contributed by atoms with van der Waals surface area (Å²) in [6, 6.07) is 7.36. The number of benzene rings is 1. The van der Waals surface area contributed by atoms with Crippen molar-refractivity contribution in [3.8, 4) is 0 Å². The Kier molecular flexibility index (Phi) is 5.21. The number of aryl methyl sites for hydroxylation is 3. The second kappa shape index (κ2) is 7.13. The summed E-state index contributed by atoms with van der Waals surface area (Å²) >= 11 is 0. The van der Waals surface area contributed by atoms with Gasteiger partial charge in [0.2, 0.25) is 0 Å². The second-order valence-corrected chi connectivity index (χ2v) is 5.75. The van der Waals surface area contributed by atoms with Crippen LogP contribution in [0.3, 0.4) is 0 Å². The maximum absolute atomic E-state index is 12.0. The molecule has 2 rings (SSSR count). The highest BCUT2D eigenvalue weighted by molar-refractivity contribution is 6.35. The van der Waals surface area contributed by atoms with E-state index in [9.17, 15) is 9.59 Å². The molecule has 1 unspecified atom stereocenters. The van der Waals surface area contributed by atoms with Gasteiger partial charge in [-0.1, -0.05) is 12.1 Å². The molecule has 0 aliphatic rings. The summed E-state index contributed by atoms with van der Waals surface area (Å²) < 4.78 is 5.11. The zero-order chi connectivity index (χ0) is 17.0. The van der Waals surface area contributed by atoms with E-state index in [1.807, 2.05) is 20.8 Å². The fourth-order valence-corrected chi connectivity index (χ4v) is 2.45. The van der Waals surface area contributed by atoms with E-state index in [4.69, 9.17) is 4.42 Å². The smallest absolute Gasteiger partial charge is 0.309 e. The van der Waals surface area contributed by atoms with Crippen molar-refractivity contribution in [2.75, 3.05) is 0 Å². The van der Waals surface area contributed by atoms with E-state index >= 15 is 0 Å². The van der Waals surface area contributed by atoms with Crippen molar-refractivity contribution in [2.24, 2.45) is 0 Å². The number of amides is 2. The monoisotopic (exact) mass is 314 g/mol. The number of nitrogens with one attached hydrogen (secondary N) is 2. The van der Waals surface area contributed by atoms with Crippen LogP contribution in [0.4, 0.5) is 0 Å². The molecule has 0 bridgehead atoms. The van der Waals surface area contributed by atoms with E-state index in [-0.39, 0.29) is 12.6 Å². The van der Waals surface area contributed by atoms with Crippen molar-refractivity contribution >= 4 is 11.8 Å². The van der Waals surface area contributed by atoms with Crippen molar-refractivity contribution < 1.29 is 14.0 Å². The molecule has 1 aromatic heterocycles. The Hall–Kier alpha value is -2.56. The van der Waals surface area contributed by atoms with Gasteiger partial charge in [0, 0.05) is 0 Å². The fraction of sp³-hybridized carbons (Fsp3) is 0.333. The number of furan rings is 1. The summed E-state index contributed by atoms with van der Waals surface area (Å²) in [5.74, 6) is -0.722. The first-order valence-corrected chi connectivity index (χ1v) is 7.57. The van der Waals surface area contributed by atoms with Crippen LogP contribution in [0.5, 0.6) is 0 Å². The quantitative estimate of drug-likeness (QED) is 0.852. The van der Waals surface area contributed by atoms with Gasteiger partial charge < -0.3 is 15.1 Å². The van der Waals surface area contributed by atoms with Crippen LogP contribution in [0.15, 0.2) is 34.9 Å². The largest absolute Gasteiger partial charge is 0.467 e. The van der Waals surface area contributed by atoms with Crippen molar-refractivity contribution in [1.29, 1.82) is 0 Å². The Morgan fingerprint density at radius 1 is 1.09 bits per heavy atom. The summed E-state index contributed by atoms with van der Waals surface area (Å²) in [4.78, 5) is 23.8. The zero-order valence-electron chi connectivity index (χ0n) is 13.9. The predicted octanol–water partition coefficient (Wildman–Crippen LogP) is 2.70. The molecule has 0 radical (unpaired) electrons. The van der Waals surface area contributed by atoms with Gasteiger partial charge in [0.05, 0.1) is 18.8 Å². The molecule has 0 aliphatic carbocycles. The second-order valence-electron chi connectivity index (χ2n) is 5.75. The van der Waals surface area contributed by atoms with Gasteiger partial charge in [0.25, 0.3) is 0 Å². The predicted molar refractivity (Wildman–Crippen MR) is 87.8 cm³/mol. The normalized spacial score (nSPS) is 11.8. The highest BCUT2D eigenvalue weighted by Crippen LogP contribution is 2.21. The summed E-state index contributed by atoms with van der Waals surface area (Å²) in [7, 11) is 0. The van der Waals surface area contributed by atoms with Crippen LogP contribution < -0.4 is 10.6 Å². The maximum Gasteiger partial charge on any atom is 0.309 e. The molecule has 5 nitrogen and oxygen atoms in total. The fourth-order valence-electron chi connectivity index (χ4n) is 2.45. The van der Waals surface area contributed by atoms with Crippen LogP contribution >= 0.6 is 0 Å². The average Bonchev–Trinajstić information content (AvgIpc) is 3.01. The first-order valence-electron chi connectivity index (χ1n) is 7.57. The Balaban J connectivity index is 1.96. The molecule has 0 spiro atoms. The minimum Gasteiger partial charge on any atom is -0.467 e. The van der Waals surface area contributed by atoms with Gasteiger partial charge in [-0.05, 0) is 62.1 Å². The van der Waals surface area contributed by atoms with Gasteiger partial charge in [0.1, 0.15) is 5.76 Å². The third-order valence-corrected chi connectivity index (χ3v) is 3.91. The van der Waals surface area contributed by atoms with Crippen LogP contribution in [-0.4, -0.2) is 11.8 Å². The molecule has 0 saturated carbocycles. The molecular weight excluding hydrogens is 292 g/mol. The Bertz CT molecular complexity index is 705. The lowest BCUT2D eigenvalue weighted by molar-refractivity contribution is -0.139. The minimum atomic E-state index is -0.672. The van der Waals surface area contributed by atoms with E-state index in [0.29, 0.717) is 5.76 Å². The highest BCUT2D eigenvalue weighted by atomic mass is 16.3. The summed E-state index contributed by atoms with van der Waals surface area (Å²) in [5, 5.41) is 5.26. The van der Waals surface area contributed by atoms with E-state index in [2.05, 4.69) is 29.7 Å². The lowest BCUT2D eigenvalue weighted by Gasteiger charge is -2.18. The first-order chi connectivity index (χ1) is 10.9. The van der Waals surface area contributed by atoms with Crippen molar-refractivity contribution in [2.45, 2.75) is 40.3 Å². The van der Waals surface area contributed by atoms with E-state index < -0.39 is 11.8 Å². The highest BCUT2D eigenvalue weighted by Gasteiger charge is 2.18. The van der Waals surface area contributed by atoms with Gasteiger partial charge >= 0.3 is 11.8 Å². The number of hydrogen-bond acceptors (Lipinski definition) is 3. The molecule has 5 heteroatoms. The van der Waals surface area contributed by atoms with Gasteiger partial charge in [-0.25, -0.2) is 0 Å². The molecule has 2 N–H and O–H groups in total. The maximum atomic E-state index is 12.0. The van der Waals surface area contributed by atoms with E-state index in [1.165, 1.54) is 11.8 Å². The van der Waals surface area contributed by atoms with E-state index in [1.54, 1.807) is 12.1 Å². The van der Waals surface area contributed by atoms with Crippen LogP contribution in [-0.2, 0) is 16.1 Å². The molecule has 122 valence electrons. The molecule has 2 aromatic rings. The third kappa shape index (κ3) is 4.22. The van der Waals surface area contributed by atoms with Gasteiger partial charge in [-0.3, -0.25) is 9.59 Å². The molecule has 23 heavy (non-hydrogen) atoms. The van der Waals surface area contributed by atoms with Gasteiger partial charge in [0.15, 0.2) is 0 Å². The van der Waals surface area contributed by atoms with Gasteiger partial charge in [-0.15, -0.1) is 0 Å². The molecule has 0 aliphatic heterocycles. The van der Waals surface area contributed by atoms with Crippen LogP contribution in [0.1, 0.15) is 41.0 Å². The minimum absolute atomic E-state index is 0.191. The van der Waals surface area contributed by atoms with Gasteiger partial charge in [-0.2, -0.15) is 0 Å². The van der Waals surface area contributed by atoms with Crippen molar-refractivity contribution in [3.05, 3.63) is 58.5 Å². The average molecular weight is 314 g/mol. The molecule has 0 saturated heterocycles. The number of carbonyl (C=O) groups excluding carboxylic acids is 2. The third-order valence-electron chi connectivity index (χ3n) is 3.91. The van der Waals surface area contributed by atoms with Crippen molar-refractivity contribution in [3.63, 3.8) is 0 Å². The molecule has 1 aromatic carbocycles. The summed E-state index contributed by atoms with van der Waals surface area (Å²) in [6.45, 7) is 8.15. The van der Waals surface area contributed by atoms with Crippen LogP contribution in [0.2, 0.25) is 0 Å². The SMILES string of the molecule is Cc1cc(C)c(C(C)NC(=O)C(=O)NCc2ccco2)cc1C. The molecule has 2 amide bonds. The van der Waals surface area contributed by atoms with Crippen LogP contribution in [0, 0.1) is 20.8 Å². The number of carbonyl (C=O) groups is 2. The van der Waals surface area contributed by atoms with E-state index in [0.717, 1.165) is 16.7 Å². The standard InChI is InChI=1S/C18H22N2O3/c1-11-8-13(3)16(9-12(11)2)14(4)20-18(22)17(21)19-10-15-6-5-7-23-15/h5-9,14H,10H2,1-4H3,(H,19,21)(H,20,22). The Labute approximate surface area is 136 Å².